The van der Waals surface area contributed by atoms with Gasteiger partial charge in [0.05, 0.1) is 17.7 Å². The topological polar surface area (TPSA) is 27.7 Å². The monoisotopic (exact) mass is 274 g/mol. The zero-order valence-electron chi connectivity index (χ0n) is 9.12. The molecule has 1 atom stereocenters. The van der Waals surface area contributed by atoms with Gasteiger partial charge >= 0.3 is 0 Å². The van der Waals surface area contributed by atoms with E-state index in [2.05, 4.69) is 15.9 Å². The Labute approximate surface area is 98.5 Å². The van der Waals surface area contributed by atoms with Gasteiger partial charge in [0, 0.05) is 7.11 Å². The summed E-state index contributed by atoms with van der Waals surface area (Å²) in [7, 11) is 3.30. The first kappa shape index (κ1) is 12.3. The number of halogens is 1. The third-order valence-electron chi connectivity index (χ3n) is 2.01. The van der Waals surface area contributed by atoms with Crippen LogP contribution in [-0.2, 0) is 4.74 Å². The van der Waals surface area contributed by atoms with Crippen molar-refractivity contribution in [1.29, 1.82) is 0 Å². The minimum atomic E-state index is 0.0824. The van der Waals surface area contributed by atoms with Crippen LogP contribution in [0.2, 0.25) is 0 Å². The van der Waals surface area contributed by atoms with Crippen molar-refractivity contribution in [2.24, 2.45) is 0 Å². The van der Waals surface area contributed by atoms with Crippen LogP contribution in [0.15, 0.2) is 22.7 Å². The van der Waals surface area contributed by atoms with Gasteiger partial charge in [-0.2, -0.15) is 0 Å². The minimum Gasteiger partial charge on any atom is -0.497 e. The highest BCUT2D eigenvalue weighted by atomic mass is 79.9. The zero-order valence-corrected chi connectivity index (χ0v) is 10.7. The first-order chi connectivity index (χ1) is 7.17. The van der Waals surface area contributed by atoms with Gasteiger partial charge in [0.25, 0.3) is 0 Å². The maximum Gasteiger partial charge on any atom is 0.133 e. The van der Waals surface area contributed by atoms with Crippen molar-refractivity contribution in [3.63, 3.8) is 0 Å². The molecule has 0 fully saturated rings. The Hall–Kier alpha value is -0.740. The number of ether oxygens (including phenoxy) is 3. The van der Waals surface area contributed by atoms with E-state index in [0.717, 1.165) is 16.0 Å². The third-order valence-corrected chi connectivity index (χ3v) is 2.63. The molecule has 4 heteroatoms. The van der Waals surface area contributed by atoms with Gasteiger partial charge in [-0.1, -0.05) is 0 Å². The Morgan fingerprint density at radius 1 is 1.33 bits per heavy atom. The van der Waals surface area contributed by atoms with Crippen molar-refractivity contribution < 1.29 is 14.2 Å². The molecule has 1 aromatic rings. The SMILES string of the molecule is COc1ccc(OCC(C)OC)c(Br)c1. The van der Waals surface area contributed by atoms with Crippen LogP contribution in [0.25, 0.3) is 0 Å². The van der Waals surface area contributed by atoms with E-state index in [-0.39, 0.29) is 6.10 Å². The second kappa shape index (κ2) is 5.98. The number of benzene rings is 1. The molecule has 0 bridgehead atoms. The molecule has 0 saturated carbocycles. The summed E-state index contributed by atoms with van der Waals surface area (Å²) < 4.78 is 16.6. The van der Waals surface area contributed by atoms with E-state index in [0.29, 0.717) is 6.61 Å². The maximum atomic E-state index is 5.56. The fourth-order valence-corrected chi connectivity index (χ4v) is 1.47. The molecule has 0 spiro atoms. The molecule has 0 aliphatic heterocycles. The first-order valence-electron chi connectivity index (χ1n) is 4.66. The molecule has 1 aromatic carbocycles. The average Bonchev–Trinajstić information content (AvgIpc) is 2.26. The van der Waals surface area contributed by atoms with Crippen molar-refractivity contribution in [3.8, 4) is 11.5 Å². The second-order valence-corrected chi connectivity index (χ2v) is 4.01. The predicted octanol–water partition coefficient (Wildman–Crippen LogP) is 2.87. The predicted molar refractivity (Wildman–Crippen MR) is 62.7 cm³/mol. The second-order valence-electron chi connectivity index (χ2n) is 3.15. The number of hydrogen-bond donors (Lipinski definition) is 0. The van der Waals surface area contributed by atoms with Crippen molar-refractivity contribution in [1.82, 2.24) is 0 Å². The molecule has 0 aliphatic carbocycles. The lowest BCUT2D eigenvalue weighted by Crippen LogP contribution is -2.16. The van der Waals surface area contributed by atoms with Gasteiger partial charge in [0.2, 0.25) is 0 Å². The molecule has 0 heterocycles. The van der Waals surface area contributed by atoms with Gasteiger partial charge in [-0.05, 0) is 41.1 Å². The number of hydrogen-bond acceptors (Lipinski definition) is 3. The fraction of sp³-hybridized carbons (Fsp3) is 0.455. The van der Waals surface area contributed by atoms with Crippen LogP contribution in [0.4, 0.5) is 0 Å². The van der Waals surface area contributed by atoms with Crippen LogP contribution in [0.5, 0.6) is 11.5 Å². The minimum absolute atomic E-state index is 0.0824. The summed E-state index contributed by atoms with van der Waals surface area (Å²) in [5.74, 6) is 1.59. The van der Waals surface area contributed by atoms with Crippen LogP contribution in [0.3, 0.4) is 0 Å². The summed E-state index contributed by atoms with van der Waals surface area (Å²) in [4.78, 5) is 0. The fourth-order valence-electron chi connectivity index (χ4n) is 1.00. The number of methoxy groups -OCH3 is 2. The Morgan fingerprint density at radius 2 is 2.07 bits per heavy atom. The van der Waals surface area contributed by atoms with E-state index in [1.807, 2.05) is 25.1 Å². The molecule has 0 N–H and O–H groups in total. The van der Waals surface area contributed by atoms with E-state index in [9.17, 15) is 0 Å². The highest BCUT2D eigenvalue weighted by Crippen LogP contribution is 2.29. The molecule has 0 saturated heterocycles. The van der Waals surface area contributed by atoms with E-state index >= 15 is 0 Å². The van der Waals surface area contributed by atoms with Gasteiger partial charge in [0.1, 0.15) is 18.1 Å². The Morgan fingerprint density at radius 3 is 2.60 bits per heavy atom. The Bertz CT molecular complexity index is 315. The average molecular weight is 275 g/mol. The number of rotatable bonds is 5. The van der Waals surface area contributed by atoms with Crippen LogP contribution >= 0.6 is 15.9 Å². The quantitative estimate of drug-likeness (QED) is 0.827. The maximum absolute atomic E-state index is 5.56. The van der Waals surface area contributed by atoms with Gasteiger partial charge in [0.15, 0.2) is 0 Å². The molecule has 1 unspecified atom stereocenters. The normalized spacial score (nSPS) is 12.3. The van der Waals surface area contributed by atoms with Crippen molar-refractivity contribution in [2.75, 3.05) is 20.8 Å². The van der Waals surface area contributed by atoms with E-state index < -0.39 is 0 Å². The van der Waals surface area contributed by atoms with Gasteiger partial charge in [-0.3, -0.25) is 0 Å². The van der Waals surface area contributed by atoms with Gasteiger partial charge in [-0.15, -0.1) is 0 Å². The molecule has 0 aliphatic rings. The summed E-state index contributed by atoms with van der Waals surface area (Å²) in [6, 6.07) is 5.59. The highest BCUT2D eigenvalue weighted by Gasteiger charge is 2.05. The van der Waals surface area contributed by atoms with Crippen LogP contribution in [0, 0.1) is 0 Å². The lowest BCUT2D eigenvalue weighted by atomic mass is 10.3. The van der Waals surface area contributed by atoms with Crippen LogP contribution < -0.4 is 9.47 Å². The van der Waals surface area contributed by atoms with Crippen LogP contribution in [-0.4, -0.2) is 26.9 Å². The summed E-state index contributed by atoms with van der Waals surface area (Å²) in [6.07, 6.45) is 0.0824. The zero-order chi connectivity index (χ0) is 11.3. The third kappa shape index (κ3) is 3.72. The van der Waals surface area contributed by atoms with Crippen LogP contribution in [0.1, 0.15) is 6.92 Å². The molecule has 1 rings (SSSR count). The lowest BCUT2D eigenvalue weighted by molar-refractivity contribution is 0.0714. The molecular formula is C11H15BrO3. The molecule has 84 valence electrons. The first-order valence-corrected chi connectivity index (χ1v) is 5.45. The molecule has 0 radical (unpaired) electrons. The smallest absolute Gasteiger partial charge is 0.133 e. The van der Waals surface area contributed by atoms with Gasteiger partial charge in [-0.25, -0.2) is 0 Å². The van der Waals surface area contributed by atoms with E-state index in [4.69, 9.17) is 14.2 Å². The molecule has 0 amide bonds. The summed E-state index contributed by atoms with van der Waals surface area (Å²) in [5.41, 5.74) is 0. The molecule has 3 nitrogen and oxygen atoms in total. The van der Waals surface area contributed by atoms with E-state index in [1.54, 1.807) is 14.2 Å². The largest absolute Gasteiger partial charge is 0.497 e. The Kier molecular flexibility index (Phi) is 4.91. The molecule has 15 heavy (non-hydrogen) atoms. The summed E-state index contributed by atoms with van der Waals surface area (Å²) in [5, 5.41) is 0. The standard InChI is InChI=1S/C11H15BrO3/c1-8(13-2)7-15-11-5-4-9(14-3)6-10(11)12/h4-6,8H,7H2,1-3H3. The summed E-state index contributed by atoms with van der Waals surface area (Å²) in [6.45, 7) is 2.48. The molecule has 0 aromatic heterocycles. The van der Waals surface area contributed by atoms with Gasteiger partial charge < -0.3 is 14.2 Å². The van der Waals surface area contributed by atoms with E-state index in [1.165, 1.54) is 0 Å². The summed E-state index contributed by atoms with van der Waals surface area (Å²) >= 11 is 3.41. The van der Waals surface area contributed by atoms with Crippen molar-refractivity contribution >= 4 is 15.9 Å². The lowest BCUT2D eigenvalue weighted by Gasteiger charge is -2.13. The van der Waals surface area contributed by atoms with Crippen molar-refractivity contribution in [3.05, 3.63) is 22.7 Å². The Balaban J connectivity index is 2.62. The molecular weight excluding hydrogens is 260 g/mol. The highest BCUT2D eigenvalue weighted by molar-refractivity contribution is 9.10. The van der Waals surface area contributed by atoms with Crippen molar-refractivity contribution in [2.45, 2.75) is 13.0 Å².